The molecule has 1 aliphatic rings. The molecular weight excluding hydrogens is 386 g/mol. The van der Waals surface area contributed by atoms with Gasteiger partial charge < -0.3 is 10.1 Å². The zero-order valence-corrected chi connectivity index (χ0v) is 16.1. The molecular formula is C20H23BrClNO. The van der Waals surface area contributed by atoms with Crippen LogP contribution in [0.3, 0.4) is 0 Å². The Morgan fingerprint density at radius 1 is 1.08 bits per heavy atom. The molecule has 2 aromatic rings. The summed E-state index contributed by atoms with van der Waals surface area (Å²) in [6, 6.07) is 14.6. The number of hydrogen-bond acceptors (Lipinski definition) is 2. The zero-order valence-electron chi connectivity index (χ0n) is 13.7. The van der Waals surface area contributed by atoms with Gasteiger partial charge in [-0.15, -0.1) is 0 Å². The highest BCUT2D eigenvalue weighted by Crippen LogP contribution is 2.25. The maximum atomic E-state index is 6.05. The lowest BCUT2D eigenvalue weighted by Gasteiger charge is -2.23. The second-order valence-electron chi connectivity index (χ2n) is 6.39. The average Bonchev–Trinajstić information content (AvgIpc) is 2.60. The van der Waals surface area contributed by atoms with Crippen molar-refractivity contribution >= 4 is 27.5 Å². The van der Waals surface area contributed by atoms with E-state index in [0.29, 0.717) is 12.6 Å². The van der Waals surface area contributed by atoms with Crippen molar-refractivity contribution in [3.8, 4) is 5.75 Å². The molecule has 0 unspecified atom stereocenters. The van der Waals surface area contributed by atoms with E-state index in [-0.39, 0.29) is 0 Å². The Balaban J connectivity index is 1.63. The highest BCUT2D eigenvalue weighted by atomic mass is 79.9. The first kappa shape index (κ1) is 17.8. The van der Waals surface area contributed by atoms with Crippen LogP contribution in [-0.4, -0.2) is 6.04 Å². The van der Waals surface area contributed by atoms with Gasteiger partial charge in [-0.05, 0) is 48.7 Å². The van der Waals surface area contributed by atoms with Crippen molar-refractivity contribution in [3.05, 3.63) is 63.1 Å². The predicted molar refractivity (Wildman–Crippen MR) is 104 cm³/mol. The van der Waals surface area contributed by atoms with Gasteiger partial charge in [-0.3, -0.25) is 0 Å². The number of ether oxygens (including phenoxy) is 1. The van der Waals surface area contributed by atoms with E-state index in [1.54, 1.807) is 0 Å². The van der Waals surface area contributed by atoms with Crippen LogP contribution >= 0.6 is 27.5 Å². The van der Waals surface area contributed by atoms with Crippen LogP contribution < -0.4 is 10.1 Å². The lowest BCUT2D eigenvalue weighted by molar-refractivity contribution is 0.299. The van der Waals surface area contributed by atoms with Gasteiger partial charge in [-0.1, -0.05) is 58.9 Å². The van der Waals surface area contributed by atoms with Crippen LogP contribution in [-0.2, 0) is 13.2 Å². The summed E-state index contributed by atoms with van der Waals surface area (Å²) < 4.78 is 7.14. The van der Waals surface area contributed by atoms with Crippen LogP contribution in [0.5, 0.6) is 5.75 Å². The average molecular weight is 409 g/mol. The van der Waals surface area contributed by atoms with Crippen LogP contribution in [0.1, 0.15) is 43.2 Å². The van der Waals surface area contributed by atoms with E-state index >= 15 is 0 Å². The molecule has 1 fully saturated rings. The zero-order chi connectivity index (χ0) is 16.8. The van der Waals surface area contributed by atoms with Crippen molar-refractivity contribution in [2.45, 2.75) is 51.3 Å². The van der Waals surface area contributed by atoms with E-state index in [0.717, 1.165) is 27.4 Å². The molecule has 1 aliphatic carbocycles. The summed E-state index contributed by atoms with van der Waals surface area (Å²) in [5.74, 6) is 0.932. The molecule has 4 heteroatoms. The minimum Gasteiger partial charge on any atom is -0.489 e. The van der Waals surface area contributed by atoms with E-state index in [2.05, 4.69) is 27.3 Å². The highest BCUT2D eigenvalue weighted by Gasteiger charge is 2.14. The maximum Gasteiger partial charge on any atom is 0.124 e. The Morgan fingerprint density at radius 3 is 2.71 bits per heavy atom. The Labute approximate surface area is 157 Å². The minimum atomic E-state index is 0.526. The first-order chi connectivity index (χ1) is 11.7. The summed E-state index contributed by atoms with van der Waals surface area (Å²) in [7, 11) is 0. The van der Waals surface area contributed by atoms with Crippen LogP contribution in [0.25, 0.3) is 0 Å². The molecule has 0 aliphatic heterocycles. The fraction of sp³-hybridized carbons (Fsp3) is 0.400. The topological polar surface area (TPSA) is 21.3 Å². The Kier molecular flexibility index (Phi) is 6.59. The molecule has 2 aromatic carbocycles. The molecule has 3 rings (SSSR count). The molecule has 0 saturated heterocycles. The summed E-state index contributed by atoms with van der Waals surface area (Å²) >= 11 is 9.61. The summed E-state index contributed by atoms with van der Waals surface area (Å²) in [6.07, 6.45) is 6.63. The SMILES string of the molecule is Clc1cccc(COc2ccc(Br)cc2CNC2CCCCC2)c1. The Bertz CT molecular complexity index is 670. The highest BCUT2D eigenvalue weighted by molar-refractivity contribution is 9.10. The largest absolute Gasteiger partial charge is 0.489 e. The van der Waals surface area contributed by atoms with Gasteiger partial charge >= 0.3 is 0 Å². The molecule has 128 valence electrons. The molecule has 2 nitrogen and oxygen atoms in total. The minimum absolute atomic E-state index is 0.526. The van der Waals surface area contributed by atoms with E-state index in [1.165, 1.54) is 37.7 Å². The third kappa shape index (κ3) is 5.23. The van der Waals surface area contributed by atoms with Crippen molar-refractivity contribution in [2.24, 2.45) is 0 Å². The van der Waals surface area contributed by atoms with E-state index in [9.17, 15) is 0 Å². The molecule has 0 amide bonds. The number of halogens is 2. The van der Waals surface area contributed by atoms with Gasteiger partial charge in [0.2, 0.25) is 0 Å². The van der Waals surface area contributed by atoms with Crippen molar-refractivity contribution < 1.29 is 4.74 Å². The third-order valence-corrected chi connectivity index (χ3v) is 5.22. The van der Waals surface area contributed by atoms with Gasteiger partial charge in [0, 0.05) is 27.6 Å². The molecule has 0 bridgehead atoms. The van der Waals surface area contributed by atoms with E-state index in [1.807, 2.05) is 36.4 Å². The summed E-state index contributed by atoms with van der Waals surface area (Å²) in [5.41, 5.74) is 2.27. The number of hydrogen-bond donors (Lipinski definition) is 1. The van der Waals surface area contributed by atoms with Crippen molar-refractivity contribution in [3.63, 3.8) is 0 Å². The van der Waals surface area contributed by atoms with Crippen LogP contribution in [0.4, 0.5) is 0 Å². The smallest absolute Gasteiger partial charge is 0.124 e. The van der Waals surface area contributed by atoms with E-state index in [4.69, 9.17) is 16.3 Å². The van der Waals surface area contributed by atoms with Crippen molar-refractivity contribution in [2.75, 3.05) is 0 Å². The molecule has 0 heterocycles. The van der Waals surface area contributed by atoms with Gasteiger partial charge in [0.15, 0.2) is 0 Å². The molecule has 0 aromatic heterocycles. The van der Waals surface area contributed by atoms with Crippen molar-refractivity contribution in [1.82, 2.24) is 5.32 Å². The second kappa shape index (κ2) is 8.89. The van der Waals surface area contributed by atoms with Gasteiger partial charge in [0.25, 0.3) is 0 Å². The summed E-state index contributed by atoms with van der Waals surface area (Å²) in [5, 5.41) is 4.43. The Morgan fingerprint density at radius 2 is 1.92 bits per heavy atom. The first-order valence-electron chi connectivity index (χ1n) is 8.60. The van der Waals surface area contributed by atoms with Crippen LogP contribution in [0, 0.1) is 0 Å². The third-order valence-electron chi connectivity index (χ3n) is 4.49. The summed E-state index contributed by atoms with van der Waals surface area (Å²) in [6.45, 7) is 1.37. The standard InChI is InChI=1S/C20H23BrClNO/c21-17-9-10-20(24-14-15-5-4-6-18(22)11-15)16(12-17)13-23-19-7-2-1-3-8-19/h4-6,9-12,19,23H,1-3,7-8,13-14H2. The van der Waals surface area contributed by atoms with Crippen LogP contribution in [0.15, 0.2) is 46.9 Å². The molecule has 0 radical (unpaired) electrons. The van der Waals surface area contributed by atoms with Gasteiger partial charge in [0.05, 0.1) is 0 Å². The molecule has 24 heavy (non-hydrogen) atoms. The fourth-order valence-electron chi connectivity index (χ4n) is 3.18. The summed E-state index contributed by atoms with van der Waals surface area (Å²) in [4.78, 5) is 0. The predicted octanol–water partition coefficient (Wildman–Crippen LogP) is 6.10. The molecule has 1 saturated carbocycles. The lowest BCUT2D eigenvalue weighted by Crippen LogP contribution is -2.30. The monoisotopic (exact) mass is 407 g/mol. The quantitative estimate of drug-likeness (QED) is 0.623. The van der Waals surface area contributed by atoms with Gasteiger partial charge in [0.1, 0.15) is 12.4 Å². The Hall–Kier alpha value is -1.03. The normalized spacial score (nSPS) is 15.4. The van der Waals surface area contributed by atoms with Crippen LogP contribution in [0.2, 0.25) is 5.02 Å². The van der Waals surface area contributed by atoms with E-state index < -0.39 is 0 Å². The number of benzene rings is 2. The number of rotatable bonds is 6. The fourth-order valence-corrected chi connectivity index (χ4v) is 3.80. The molecule has 0 atom stereocenters. The van der Waals surface area contributed by atoms with Gasteiger partial charge in [-0.2, -0.15) is 0 Å². The van der Waals surface area contributed by atoms with Gasteiger partial charge in [-0.25, -0.2) is 0 Å². The lowest BCUT2D eigenvalue weighted by atomic mass is 9.95. The second-order valence-corrected chi connectivity index (χ2v) is 7.74. The first-order valence-corrected chi connectivity index (χ1v) is 9.77. The molecule has 1 N–H and O–H groups in total. The number of nitrogens with one attached hydrogen (secondary N) is 1. The maximum absolute atomic E-state index is 6.05. The van der Waals surface area contributed by atoms with Crippen molar-refractivity contribution in [1.29, 1.82) is 0 Å². The molecule has 0 spiro atoms.